The SMILES string of the molecule is CC(N)Cc1c(Cl)cccc1OCCCOCC(F)(F)F. The summed E-state index contributed by atoms with van der Waals surface area (Å²) >= 11 is 6.10. The summed E-state index contributed by atoms with van der Waals surface area (Å²) < 4.78 is 45.7. The molecular weight excluding hydrogens is 307 g/mol. The lowest BCUT2D eigenvalue weighted by Gasteiger charge is -2.14. The van der Waals surface area contributed by atoms with Gasteiger partial charge in [0.15, 0.2) is 0 Å². The Morgan fingerprint density at radius 3 is 2.62 bits per heavy atom. The molecule has 0 amide bonds. The number of hydrogen-bond acceptors (Lipinski definition) is 3. The van der Waals surface area contributed by atoms with E-state index >= 15 is 0 Å². The van der Waals surface area contributed by atoms with Crippen molar-refractivity contribution < 1.29 is 22.6 Å². The fourth-order valence-corrected chi connectivity index (χ4v) is 1.97. The van der Waals surface area contributed by atoms with E-state index < -0.39 is 12.8 Å². The summed E-state index contributed by atoms with van der Waals surface area (Å²) in [5, 5.41) is 0.568. The summed E-state index contributed by atoms with van der Waals surface area (Å²) in [7, 11) is 0. The summed E-state index contributed by atoms with van der Waals surface area (Å²) in [5.74, 6) is 0.607. The molecule has 0 bridgehead atoms. The van der Waals surface area contributed by atoms with E-state index in [0.717, 1.165) is 5.56 Å². The van der Waals surface area contributed by atoms with Crippen LogP contribution in [0.5, 0.6) is 5.75 Å². The van der Waals surface area contributed by atoms with Gasteiger partial charge in [-0.25, -0.2) is 0 Å². The molecule has 0 saturated carbocycles. The van der Waals surface area contributed by atoms with Gasteiger partial charge < -0.3 is 15.2 Å². The minimum absolute atomic E-state index is 0.0112. The largest absolute Gasteiger partial charge is 0.493 e. The molecule has 0 aromatic heterocycles. The van der Waals surface area contributed by atoms with Gasteiger partial charge in [-0.15, -0.1) is 0 Å². The number of halogens is 4. The Morgan fingerprint density at radius 2 is 2.00 bits per heavy atom. The highest BCUT2D eigenvalue weighted by atomic mass is 35.5. The van der Waals surface area contributed by atoms with Crippen LogP contribution in [0.2, 0.25) is 5.02 Å². The molecule has 1 unspecified atom stereocenters. The van der Waals surface area contributed by atoms with E-state index in [-0.39, 0.29) is 19.3 Å². The van der Waals surface area contributed by atoms with Crippen molar-refractivity contribution in [1.29, 1.82) is 0 Å². The lowest BCUT2D eigenvalue weighted by Crippen LogP contribution is -2.19. The van der Waals surface area contributed by atoms with Crippen LogP contribution < -0.4 is 10.5 Å². The van der Waals surface area contributed by atoms with Gasteiger partial charge in [0.1, 0.15) is 12.4 Å². The maximum Gasteiger partial charge on any atom is 0.411 e. The van der Waals surface area contributed by atoms with Gasteiger partial charge in [-0.1, -0.05) is 17.7 Å². The third-order valence-electron chi connectivity index (χ3n) is 2.56. The summed E-state index contributed by atoms with van der Waals surface area (Å²) in [6, 6.07) is 5.20. The van der Waals surface area contributed by atoms with Crippen LogP contribution in [0.15, 0.2) is 18.2 Å². The van der Waals surface area contributed by atoms with Crippen LogP contribution in [-0.2, 0) is 11.2 Å². The molecule has 1 rings (SSSR count). The van der Waals surface area contributed by atoms with Gasteiger partial charge in [0.2, 0.25) is 0 Å². The summed E-state index contributed by atoms with van der Waals surface area (Å²) in [6.07, 6.45) is -3.36. The van der Waals surface area contributed by atoms with Crippen molar-refractivity contribution in [1.82, 2.24) is 0 Å². The molecule has 7 heteroatoms. The first-order valence-electron chi connectivity index (χ1n) is 6.60. The normalized spacial score (nSPS) is 13.2. The lowest BCUT2D eigenvalue weighted by atomic mass is 10.1. The van der Waals surface area contributed by atoms with Gasteiger partial charge in [-0.2, -0.15) is 13.2 Å². The molecule has 0 heterocycles. The van der Waals surface area contributed by atoms with Crippen LogP contribution in [0.1, 0.15) is 18.9 Å². The molecule has 0 saturated heterocycles. The second-order valence-electron chi connectivity index (χ2n) is 4.77. The summed E-state index contributed by atoms with van der Waals surface area (Å²) in [4.78, 5) is 0. The maximum absolute atomic E-state index is 11.9. The third kappa shape index (κ3) is 7.55. The Hall–Kier alpha value is -0.980. The highest BCUT2D eigenvalue weighted by Gasteiger charge is 2.27. The number of hydrogen-bond donors (Lipinski definition) is 1. The Labute approximate surface area is 127 Å². The second kappa shape index (κ2) is 8.46. The smallest absolute Gasteiger partial charge is 0.411 e. The van der Waals surface area contributed by atoms with Crippen LogP contribution in [0, 0.1) is 0 Å². The zero-order valence-electron chi connectivity index (χ0n) is 11.8. The van der Waals surface area contributed by atoms with Crippen molar-refractivity contribution in [2.75, 3.05) is 19.8 Å². The van der Waals surface area contributed by atoms with E-state index in [1.807, 2.05) is 6.92 Å². The van der Waals surface area contributed by atoms with E-state index in [4.69, 9.17) is 22.1 Å². The predicted octanol–water partition coefficient (Wildman–Crippen LogP) is 3.58. The van der Waals surface area contributed by atoms with E-state index in [0.29, 0.717) is 23.6 Å². The topological polar surface area (TPSA) is 44.5 Å². The Balaban J connectivity index is 2.40. The zero-order chi connectivity index (χ0) is 15.9. The minimum atomic E-state index is -4.29. The van der Waals surface area contributed by atoms with E-state index in [2.05, 4.69) is 4.74 Å². The van der Waals surface area contributed by atoms with Gasteiger partial charge in [-0.05, 0) is 25.5 Å². The number of alkyl halides is 3. The molecule has 3 nitrogen and oxygen atoms in total. The van der Waals surface area contributed by atoms with Crippen molar-refractivity contribution in [3.63, 3.8) is 0 Å². The monoisotopic (exact) mass is 325 g/mol. The first-order chi connectivity index (χ1) is 9.79. The highest BCUT2D eigenvalue weighted by molar-refractivity contribution is 6.31. The van der Waals surface area contributed by atoms with Crippen molar-refractivity contribution in [3.8, 4) is 5.75 Å². The van der Waals surface area contributed by atoms with Gasteiger partial charge in [0.25, 0.3) is 0 Å². The quantitative estimate of drug-likeness (QED) is 0.743. The molecule has 0 spiro atoms. The first kappa shape index (κ1) is 18.1. The number of ether oxygens (including phenoxy) is 2. The molecule has 1 atom stereocenters. The average molecular weight is 326 g/mol. The molecular formula is C14H19ClF3NO2. The van der Waals surface area contributed by atoms with Gasteiger partial charge in [0.05, 0.1) is 13.2 Å². The minimum Gasteiger partial charge on any atom is -0.493 e. The number of nitrogens with two attached hydrogens (primary N) is 1. The molecule has 21 heavy (non-hydrogen) atoms. The summed E-state index contributed by atoms with van der Waals surface area (Å²) in [5.41, 5.74) is 6.57. The van der Waals surface area contributed by atoms with Crippen LogP contribution >= 0.6 is 11.6 Å². The molecule has 0 aliphatic carbocycles. The van der Waals surface area contributed by atoms with Crippen LogP contribution in [0.3, 0.4) is 0 Å². The Kier molecular flexibility index (Phi) is 7.28. The molecule has 0 aliphatic heterocycles. The molecule has 120 valence electrons. The average Bonchev–Trinajstić information content (AvgIpc) is 2.35. The van der Waals surface area contributed by atoms with Crippen molar-refractivity contribution in [3.05, 3.63) is 28.8 Å². The summed E-state index contributed by atoms with van der Waals surface area (Å²) in [6.45, 7) is 0.866. The lowest BCUT2D eigenvalue weighted by molar-refractivity contribution is -0.174. The Morgan fingerprint density at radius 1 is 1.29 bits per heavy atom. The molecule has 0 fully saturated rings. The van der Waals surface area contributed by atoms with Gasteiger partial charge >= 0.3 is 6.18 Å². The number of benzene rings is 1. The molecule has 1 aromatic carbocycles. The van der Waals surface area contributed by atoms with E-state index in [1.165, 1.54) is 0 Å². The first-order valence-corrected chi connectivity index (χ1v) is 6.97. The second-order valence-corrected chi connectivity index (χ2v) is 5.17. The van der Waals surface area contributed by atoms with Gasteiger partial charge in [0, 0.05) is 23.0 Å². The fraction of sp³-hybridized carbons (Fsp3) is 0.571. The molecule has 2 N–H and O–H groups in total. The van der Waals surface area contributed by atoms with Crippen LogP contribution in [0.25, 0.3) is 0 Å². The molecule has 1 aromatic rings. The standard InChI is InChI=1S/C14H19ClF3NO2/c1-10(19)8-11-12(15)4-2-5-13(11)21-7-3-6-20-9-14(16,17)18/h2,4-5,10H,3,6-9,19H2,1H3. The maximum atomic E-state index is 11.9. The Bertz CT molecular complexity index is 439. The van der Waals surface area contributed by atoms with Crippen molar-refractivity contribution >= 4 is 11.6 Å². The van der Waals surface area contributed by atoms with Crippen molar-refractivity contribution in [2.24, 2.45) is 5.73 Å². The van der Waals surface area contributed by atoms with Crippen molar-refractivity contribution in [2.45, 2.75) is 32.0 Å². The third-order valence-corrected chi connectivity index (χ3v) is 2.91. The van der Waals surface area contributed by atoms with Gasteiger partial charge in [-0.3, -0.25) is 0 Å². The zero-order valence-corrected chi connectivity index (χ0v) is 12.5. The highest BCUT2D eigenvalue weighted by Crippen LogP contribution is 2.27. The predicted molar refractivity (Wildman–Crippen MR) is 75.8 cm³/mol. The number of rotatable bonds is 8. The molecule has 0 radical (unpaired) electrons. The van der Waals surface area contributed by atoms with Crippen LogP contribution in [-0.4, -0.2) is 32.0 Å². The molecule has 0 aliphatic rings. The van der Waals surface area contributed by atoms with E-state index in [1.54, 1.807) is 18.2 Å². The fourth-order valence-electron chi connectivity index (χ4n) is 1.73. The van der Waals surface area contributed by atoms with E-state index in [9.17, 15) is 13.2 Å². The van der Waals surface area contributed by atoms with Crippen LogP contribution in [0.4, 0.5) is 13.2 Å².